The number of hydrogen-bond donors (Lipinski definition) is 2. The van der Waals surface area contributed by atoms with Crippen LogP contribution in [0.25, 0.3) is 0 Å². The maximum absolute atomic E-state index is 12.4. The zero-order chi connectivity index (χ0) is 19.3. The Kier molecular flexibility index (Phi) is 6.89. The number of rotatable bonds is 6. The van der Waals surface area contributed by atoms with Gasteiger partial charge in [-0.3, -0.25) is 9.59 Å². The first kappa shape index (κ1) is 20.5. The summed E-state index contributed by atoms with van der Waals surface area (Å²) >= 11 is 17.8. The van der Waals surface area contributed by atoms with E-state index < -0.39 is 15.9 Å². The number of carbonyl (C=O) groups is 2. The molecule has 0 radical (unpaired) electrons. The van der Waals surface area contributed by atoms with Crippen LogP contribution in [0.2, 0.25) is 0 Å². The summed E-state index contributed by atoms with van der Waals surface area (Å²) in [6.45, 7) is 1.77. The number of halogens is 3. The fourth-order valence-corrected chi connectivity index (χ4v) is 2.44. The van der Waals surface area contributed by atoms with E-state index in [4.69, 9.17) is 45.3 Å². The van der Waals surface area contributed by atoms with E-state index in [1.54, 1.807) is 30.3 Å². The Balaban J connectivity index is 2.15. The Hall–Kier alpha value is -1.79. The number of hydrogen-bond acceptors (Lipinski definition) is 4. The standard InChI is InChI=1S/C18H17Cl3N2O3/c1-11-3-2-4-13(9-11)16(25)23-17(18(19,20)21)26-14-7-5-12(6-8-14)15(24)10-22/h2-9,17H,10,22H2,1H3,(H,23,25). The lowest BCUT2D eigenvalue weighted by Gasteiger charge is -2.26. The Bertz CT molecular complexity index is 789. The average molecular weight is 416 g/mol. The zero-order valence-electron chi connectivity index (χ0n) is 13.8. The summed E-state index contributed by atoms with van der Waals surface area (Å²) in [5.74, 6) is -0.332. The monoisotopic (exact) mass is 414 g/mol. The topological polar surface area (TPSA) is 81.4 Å². The van der Waals surface area contributed by atoms with Gasteiger partial charge in [0.1, 0.15) is 5.75 Å². The van der Waals surface area contributed by atoms with Gasteiger partial charge in [0.15, 0.2) is 5.78 Å². The lowest BCUT2D eigenvalue weighted by Crippen LogP contribution is -2.47. The van der Waals surface area contributed by atoms with E-state index in [0.29, 0.717) is 16.9 Å². The molecule has 0 saturated carbocycles. The summed E-state index contributed by atoms with van der Waals surface area (Å²) in [4.78, 5) is 24.0. The molecular formula is C18H17Cl3N2O3. The largest absolute Gasteiger partial charge is 0.466 e. The Morgan fingerprint density at radius 1 is 1.12 bits per heavy atom. The molecule has 1 amide bonds. The van der Waals surface area contributed by atoms with Gasteiger partial charge in [-0.25, -0.2) is 0 Å². The second-order valence-corrected chi connectivity index (χ2v) is 7.90. The predicted molar refractivity (Wildman–Crippen MR) is 103 cm³/mol. The molecule has 0 aliphatic heterocycles. The van der Waals surface area contributed by atoms with E-state index in [-0.39, 0.29) is 12.3 Å². The molecule has 1 unspecified atom stereocenters. The highest BCUT2D eigenvalue weighted by Gasteiger charge is 2.36. The molecule has 0 saturated heterocycles. The quantitative estimate of drug-likeness (QED) is 0.429. The Labute approximate surface area is 166 Å². The molecule has 26 heavy (non-hydrogen) atoms. The van der Waals surface area contributed by atoms with Crippen LogP contribution < -0.4 is 15.8 Å². The molecule has 5 nitrogen and oxygen atoms in total. The molecule has 0 aliphatic carbocycles. The van der Waals surface area contributed by atoms with Crippen molar-refractivity contribution in [2.24, 2.45) is 5.73 Å². The highest BCUT2D eigenvalue weighted by Crippen LogP contribution is 2.32. The smallest absolute Gasteiger partial charge is 0.254 e. The van der Waals surface area contributed by atoms with E-state index in [2.05, 4.69) is 5.32 Å². The van der Waals surface area contributed by atoms with E-state index in [1.165, 1.54) is 12.1 Å². The molecule has 0 aliphatic rings. The first-order valence-electron chi connectivity index (χ1n) is 7.65. The number of ether oxygens (including phenoxy) is 1. The van der Waals surface area contributed by atoms with Gasteiger partial charge in [-0.05, 0) is 43.3 Å². The van der Waals surface area contributed by atoms with Gasteiger partial charge in [-0.2, -0.15) is 0 Å². The first-order chi connectivity index (χ1) is 12.2. The predicted octanol–water partition coefficient (Wildman–Crippen LogP) is 3.64. The molecule has 0 fully saturated rings. The molecule has 3 N–H and O–H groups in total. The van der Waals surface area contributed by atoms with Crippen LogP contribution in [-0.2, 0) is 0 Å². The third-order valence-corrected chi connectivity index (χ3v) is 4.05. The summed E-state index contributed by atoms with van der Waals surface area (Å²) < 4.78 is 3.69. The first-order valence-corrected chi connectivity index (χ1v) is 8.78. The minimum Gasteiger partial charge on any atom is -0.466 e. The highest BCUT2D eigenvalue weighted by atomic mass is 35.6. The summed E-state index contributed by atoms with van der Waals surface area (Å²) in [7, 11) is 0. The Morgan fingerprint density at radius 2 is 1.77 bits per heavy atom. The molecule has 0 heterocycles. The third kappa shape index (κ3) is 5.61. The summed E-state index contributed by atoms with van der Waals surface area (Å²) in [5, 5.41) is 2.55. The van der Waals surface area contributed by atoms with Crippen molar-refractivity contribution >= 4 is 46.5 Å². The van der Waals surface area contributed by atoms with E-state index in [0.717, 1.165) is 5.56 Å². The highest BCUT2D eigenvalue weighted by molar-refractivity contribution is 6.68. The van der Waals surface area contributed by atoms with Crippen molar-refractivity contribution in [3.05, 3.63) is 65.2 Å². The van der Waals surface area contributed by atoms with Crippen molar-refractivity contribution in [2.75, 3.05) is 6.54 Å². The zero-order valence-corrected chi connectivity index (χ0v) is 16.1. The lowest BCUT2D eigenvalue weighted by molar-refractivity contribution is 0.0833. The van der Waals surface area contributed by atoms with Crippen LogP contribution in [0.3, 0.4) is 0 Å². The molecule has 2 aromatic carbocycles. The average Bonchev–Trinajstić information content (AvgIpc) is 2.60. The minimum atomic E-state index is -1.91. The lowest BCUT2D eigenvalue weighted by atomic mass is 10.1. The molecule has 2 rings (SSSR count). The molecule has 0 spiro atoms. The van der Waals surface area contributed by atoms with Crippen LogP contribution in [0.15, 0.2) is 48.5 Å². The second kappa shape index (κ2) is 8.73. The maximum atomic E-state index is 12.4. The van der Waals surface area contributed by atoms with Crippen molar-refractivity contribution in [1.29, 1.82) is 0 Å². The van der Waals surface area contributed by atoms with Crippen LogP contribution in [0.5, 0.6) is 5.75 Å². The van der Waals surface area contributed by atoms with Crippen molar-refractivity contribution in [1.82, 2.24) is 5.32 Å². The molecule has 8 heteroatoms. The summed E-state index contributed by atoms with van der Waals surface area (Å²) in [5.41, 5.74) is 7.09. The number of Topliss-reactive ketones (excluding diaryl/α,β-unsaturated/α-hetero) is 1. The number of alkyl halides is 3. The van der Waals surface area contributed by atoms with Crippen molar-refractivity contribution in [3.63, 3.8) is 0 Å². The fraction of sp³-hybridized carbons (Fsp3) is 0.222. The maximum Gasteiger partial charge on any atom is 0.254 e. The van der Waals surface area contributed by atoms with Gasteiger partial charge in [0.2, 0.25) is 10.0 Å². The van der Waals surface area contributed by atoms with E-state index in [9.17, 15) is 9.59 Å². The van der Waals surface area contributed by atoms with Gasteiger partial charge in [-0.1, -0.05) is 52.5 Å². The molecule has 0 aromatic heterocycles. The minimum absolute atomic E-state index is 0.0937. The van der Waals surface area contributed by atoms with Crippen molar-refractivity contribution in [3.8, 4) is 5.75 Å². The number of benzene rings is 2. The van der Waals surface area contributed by atoms with Gasteiger partial charge in [0.25, 0.3) is 5.91 Å². The Morgan fingerprint density at radius 3 is 2.31 bits per heavy atom. The second-order valence-electron chi connectivity index (χ2n) is 5.53. The number of amides is 1. The molecule has 1 atom stereocenters. The summed E-state index contributed by atoms with van der Waals surface area (Å²) in [6.07, 6.45) is -1.24. The van der Waals surface area contributed by atoms with Crippen LogP contribution in [0, 0.1) is 6.92 Å². The van der Waals surface area contributed by atoms with E-state index >= 15 is 0 Å². The van der Waals surface area contributed by atoms with Crippen molar-refractivity contribution < 1.29 is 14.3 Å². The summed E-state index contributed by atoms with van der Waals surface area (Å²) in [6, 6.07) is 13.1. The van der Waals surface area contributed by atoms with Crippen LogP contribution in [0.1, 0.15) is 26.3 Å². The van der Waals surface area contributed by atoms with Crippen LogP contribution >= 0.6 is 34.8 Å². The van der Waals surface area contributed by atoms with Crippen molar-refractivity contribution in [2.45, 2.75) is 16.9 Å². The van der Waals surface area contributed by atoms with Gasteiger partial charge >= 0.3 is 0 Å². The number of nitrogens with two attached hydrogens (primary N) is 1. The van der Waals surface area contributed by atoms with Crippen LogP contribution in [-0.4, -0.2) is 28.3 Å². The fourth-order valence-electron chi connectivity index (χ4n) is 2.14. The number of aryl methyl sites for hydroxylation is 1. The van der Waals surface area contributed by atoms with Gasteiger partial charge < -0.3 is 15.8 Å². The van der Waals surface area contributed by atoms with Crippen LogP contribution in [0.4, 0.5) is 0 Å². The van der Waals surface area contributed by atoms with Gasteiger partial charge in [0.05, 0.1) is 6.54 Å². The number of carbonyl (C=O) groups excluding carboxylic acids is 2. The number of nitrogens with one attached hydrogen (secondary N) is 1. The molecule has 0 bridgehead atoms. The molecule has 2 aromatic rings. The third-order valence-electron chi connectivity index (χ3n) is 3.46. The molecule has 138 valence electrons. The van der Waals surface area contributed by atoms with E-state index in [1.807, 2.05) is 13.0 Å². The normalized spacial score (nSPS) is 12.3. The van der Waals surface area contributed by atoms with Gasteiger partial charge in [-0.15, -0.1) is 0 Å². The number of ketones is 1. The molecular weight excluding hydrogens is 399 g/mol. The van der Waals surface area contributed by atoms with Gasteiger partial charge in [0, 0.05) is 11.1 Å². The SMILES string of the molecule is Cc1cccc(C(=O)NC(Oc2ccc(C(=O)CN)cc2)C(Cl)(Cl)Cl)c1.